The molecular formula is C21H22FNO3S. The molecule has 0 atom stereocenters. The fourth-order valence-corrected chi connectivity index (χ4v) is 4.51. The Labute approximate surface area is 162 Å². The number of carbonyl (C=O) groups is 2. The van der Waals surface area contributed by atoms with E-state index < -0.39 is 5.97 Å². The van der Waals surface area contributed by atoms with Crippen molar-refractivity contribution in [2.75, 3.05) is 12.4 Å². The molecule has 2 aromatic rings. The molecule has 1 aliphatic carbocycles. The van der Waals surface area contributed by atoms with Crippen molar-refractivity contribution >= 4 is 34.3 Å². The summed E-state index contributed by atoms with van der Waals surface area (Å²) in [6, 6.07) is 5.87. The van der Waals surface area contributed by atoms with Crippen LogP contribution < -0.4 is 5.32 Å². The van der Waals surface area contributed by atoms with Gasteiger partial charge in [0, 0.05) is 11.0 Å². The molecular weight excluding hydrogens is 365 g/mol. The van der Waals surface area contributed by atoms with E-state index in [2.05, 4.69) is 5.32 Å². The first-order chi connectivity index (χ1) is 13.1. The van der Waals surface area contributed by atoms with E-state index in [0.29, 0.717) is 10.6 Å². The van der Waals surface area contributed by atoms with E-state index in [1.807, 2.05) is 0 Å². The van der Waals surface area contributed by atoms with Crippen molar-refractivity contribution in [3.05, 3.63) is 57.7 Å². The normalized spacial score (nSPS) is 14.3. The Morgan fingerprint density at radius 1 is 1.11 bits per heavy atom. The van der Waals surface area contributed by atoms with Crippen molar-refractivity contribution in [3.63, 3.8) is 0 Å². The van der Waals surface area contributed by atoms with Crippen LogP contribution in [0.3, 0.4) is 0 Å². The summed E-state index contributed by atoms with van der Waals surface area (Å²) in [4.78, 5) is 25.8. The number of anilines is 1. The van der Waals surface area contributed by atoms with Crippen LogP contribution in [0.2, 0.25) is 0 Å². The van der Waals surface area contributed by atoms with Crippen LogP contribution in [-0.4, -0.2) is 19.0 Å². The van der Waals surface area contributed by atoms with Crippen molar-refractivity contribution in [1.29, 1.82) is 0 Å². The standard InChI is InChI=1S/C21H22FNO3S/c1-26-21(25)19-16-6-4-2-3-5-7-17(16)27-20(19)23-18(24)13-10-14-8-11-15(22)12-9-14/h8-13H,2-7H2,1H3,(H,23,24)/b13-10+. The lowest BCUT2D eigenvalue weighted by Crippen LogP contribution is -2.12. The van der Waals surface area contributed by atoms with Gasteiger partial charge < -0.3 is 10.1 Å². The van der Waals surface area contributed by atoms with Gasteiger partial charge in [-0.2, -0.15) is 0 Å². The summed E-state index contributed by atoms with van der Waals surface area (Å²) in [5.41, 5.74) is 2.23. The van der Waals surface area contributed by atoms with Crippen LogP contribution in [0, 0.1) is 5.82 Å². The monoisotopic (exact) mass is 387 g/mol. The van der Waals surface area contributed by atoms with Crippen LogP contribution >= 0.6 is 11.3 Å². The molecule has 1 aromatic carbocycles. The molecule has 0 aliphatic heterocycles. The molecule has 142 valence electrons. The zero-order valence-electron chi connectivity index (χ0n) is 15.2. The molecule has 0 unspecified atom stereocenters. The summed E-state index contributed by atoms with van der Waals surface area (Å²) in [6.45, 7) is 0. The molecule has 27 heavy (non-hydrogen) atoms. The molecule has 1 aliphatic rings. The maximum atomic E-state index is 13.0. The van der Waals surface area contributed by atoms with E-state index >= 15 is 0 Å². The largest absolute Gasteiger partial charge is 0.465 e. The van der Waals surface area contributed by atoms with E-state index in [1.165, 1.54) is 43.1 Å². The maximum Gasteiger partial charge on any atom is 0.341 e. The number of rotatable bonds is 4. The van der Waals surface area contributed by atoms with Crippen molar-refractivity contribution in [3.8, 4) is 0 Å². The van der Waals surface area contributed by atoms with Gasteiger partial charge in [-0.15, -0.1) is 11.3 Å². The Morgan fingerprint density at radius 3 is 2.52 bits per heavy atom. The summed E-state index contributed by atoms with van der Waals surface area (Å²) in [7, 11) is 1.36. The first kappa shape index (κ1) is 19.3. The predicted octanol–water partition coefficient (Wildman–Crippen LogP) is 4.98. The minimum atomic E-state index is -0.411. The van der Waals surface area contributed by atoms with Gasteiger partial charge in [0.15, 0.2) is 0 Å². The van der Waals surface area contributed by atoms with Gasteiger partial charge >= 0.3 is 5.97 Å². The highest BCUT2D eigenvalue weighted by molar-refractivity contribution is 7.17. The summed E-state index contributed by atoms with van der Waals surface area (Å²) in [6.07, 6.45) is 9.20. The lowest BCUT2D eigenvalue weighted by atomic mass is 9.96. The number of carbonyl (C=O) groups excluding carboxylic acids is 2. The number of hydrogen-bond acceptors (Lipinski definition) is 4. The smallest absolute Gasteiger partial charge is 0.341 e. The van der Waals surface area contributed by atoms with E-state index in [4.69, 9.17) is 4.74 Å². The second kappa shape index (κ2) is 8.95. The molecule has 3 rings (SSSR count). The fraction of sp³-hybridized carbons (Fsp3) is 0.333. The van der Waals surface area contributed by atoms with E-state index in [0.717, 1.165) is 48.1 Å². The minimum Gasteiger partial charge on any atom is -0.465 e. The predicted molar refractivity (Wildman–Crippen MR) is 106 cm³/mol. The summed E-state index contributed by atoms with van der Waals surface area (Å²) < 4.78 is 17.9. The molecule has 4 nitrogen and oxygen atoms in total. The highest BCUT2D eigenvalue weighted by atomic mass is 32.1. The summed E-state index contributed by atoms with van der Waals surface area (Å²) in [5, 5.41) is 3.37. The maximum absolute atomic E-state index is 13.0. The quantitative estimate of drug-likeness (QED) is 0.594. The number of benzene rings is 1. The van der Waals surface area contributed by atoms with Gasteiger partial charge in [-0.3, -0.25) is 4.79 Å². The van der Waals surface area contributed by atoms with Crippen LogP contribution in [-0.2, 0) is 22.4 Å². The fourth-order valence-electron chi connectivity index (χ4n) is 3.22. The number of aryl methyl sites for hydroxylation is 1. The first-order valence-electron chi connectivity index (χ1n) is 9.06. The molecule has 6 heteroatoms. The molecule has 0 fully saturated rings. The summed E-state index contributed by atoms with van der Waals surface area (Å²) in [5.74, 6) is -1.07. The Morgan fingerprint density at radius 2 is 1.81 bits per heavy atom. The van der Waals surface area contributed by atoms with Crippen LogP contribution in [0.5, 0.6) is 0 Å². The van der Waals surface area contributed by atoms with Crippen LogP contribution in [0.15, 0.2) is 30.3 Å². The Kier molecular flexibility index (Phi) is 6.40. The second-order valence-electron chi connectivity index (χ2n) is 6.49. The number of halogens is 1. The van der Waals surface area contributed by atoms with Gasteiger partial charge in [-0.05, 0) is 55.0 Å². The van der Waals surface area contributed by atoms with Crippen LogP contribution in [0.1, 0.15) is 52.0 Å². The average Bonchev–Trinajstić information content (AvgIpc) is 2.96. The second-order valence-corrected chi connectivity index (χ2v) is 7.59. The minimum absolute atomic E-state index is 0.324. The van der Waals surface area contributed by atoms with Crippen LogP contribution in [0.4, 0.5) is 9.39 Å². The third kappa shape index (κ3) is 4.83. The van der Waals surface area contributed by atoms with Crippen molar-refractivity contribution in [2.45, 2.75) is 38.5 Å². The van der Waals surface area contributed by atoms with Gasteiger partial charge in [0.05, 0.1) is 12.7 Å². The van der Waals surface area contributed by atoms with E-state index in [-0.39, 0.29) is 11.7 Å². The van der Waals surface area contributed by atoms with Gasteiger partial charge in [0.25, 0.3) is 0 Å². The number of thiophene rings is 1. The molecule has 0 saturated heterocycles. The van der Waals surface area contributed by atoms with Gasteiger partial charge in [-0.25, -0.2) is 9.18 Å². The molecule has 1 heterocycles. The zero-order valence-corrected chi connectivity index (χ0v) is 16.0. The SMILES string of the molecule is COC(=O)c1c(NC(=O)/C=C/c2ccc(F)cc2)sc2c1CCCCCC2. The number of hydrogen-bond donors (Lipinski definition) is 1. The number of esters is 1. The third-order valence-corrected chi connectivity index (χ3v) is 5.80. The molecule has 1 N–H and O–H groups in total. The van der Waals surface area contributed by atoms with Gasteiger partial charge in [0.2, 0.25) is 5.91 Å². The van der Waals surface area contributed by atoms with Gasteiger partial charge in [0.1, 0.15) is 10.8 Å². The number of fused-ring (bicyclic) bond motifs is 1. The number of ether oxygens (including phenoxy) is 1. The van der Waals surface area contributed by atoms with E-state index in [9.17, 15) is 14.0 Å². The third-order valence-electron chi connectivity index (χ3n) is 4.59. The Balaban J connectivity index is 1.82. The Hall–Kier alpha value is -2.47. The van der Waals surface area contributed by atoms with Crippen LogP contribution in [0.25, 0.3) is 6.08 Å². The molecule has 1 aromatic heterocycles. The zero-order chi connectivity index (χ0) is 19.2. The highest BCUT2D eigenvalue weighted by Crippen LogP contribution is 2.37. The van der Waals surface area contributed by atoms with Crippen molar-refractivity contribution in [1.82, 2.24) is 0 Å². The molecule has 0 spiro atoms. The number of nitrogens with one attached hydrogen (secondary N) is 1. The number of methoxy groups -OCH3 is 1. The number of amides is 1. The average molecular weight is 387 g/mol. The summed E-state index contributed by atoms with van der Waals surface area (Å²) >= 11 is 1.46. The molecule has 0 radical (unpaired) electrons. The van der Waals surface area contributed by atoms with E-state index in [1.54, 1.807) is 18.2 Å². The Bertz CT molecular complexity index is 855. The van der Waals surface area contributed by atoms with Crippen molar-refractivity contribution < 1.29 is 18.7 Å². The van der Waals surface area contributed by atoms with Gasteiger partial charge in [-0.1, -0.05) is 25.0 Å². The lowest BCUT2D eigenvalue weighted by molar-refractivity contribution is -0.111. The highest BCUT2D eigenvalue weighted by Gasteiger charge is 2.25. The molecule has 0 saturated carbocycles. The first-order valence-corrected chi connectivity index (χ1v) is 9.87. The van der Waals surface area contributed by atoms with Crippen molar-refractivity contribution in [2.24, 2.45) is 0 Å². The lowest BCUT2D eigenvalue weighted by Gasteiger charge is -2.10. The molecule has 0 bridgehead atoms. The topological polar surface area (TPSA) is 55.4 Å². The molecule has 1 amide bonds.